The maximum Gasteiger partial charge on any atom is 0.153 e. The van der Waals surface area contributed by atoms with Crippen LogP contribution >= 0.6 is 11.6 Å². The van der Waals surface area contributed by atoms with E-state index < -0.39 is 9.84 Å². The van der Waals surface area contributed by atoms with E-state index in [0.29, 0.717) is 36.0 Å². The molecule has 1 fully saturated rings. The molecular weight excluding hydrogens is 302 g/mol. The summed E-state index contributed by atoms with van der Waals surface area (Å²) in [5.41, 5.74) is 1.41. The van der Waals surface area contributed by atoms with Crippen molar-refractivity contribution in [2.45, 2.75) is 13.5 Å². The van der Waals surface area contributed by atoms with E-state index in [4.69, 9.17) is 16.3 Å². The molecule has 1 heterocycles. The average molecular weight is 320 g/mol. The monoisotopic (exact) mass is 319 g/mol. The lowest BCUT2D eigenvalue weighted by Gasteiger charge is -2.30. The van der Waals surface area contributed by atoms with Crippen LogP contribution in [-0.2, 0) is 16.4 Å². The Bertz CT molecular complexity index is 574. The van der Waals surface area contributed by atoms with E-state index in [0.717, 1.165) is 5.69 Å². The summed E-state index contributed by atoms with van der Waals surface area (Å²) in [4.78, 5) is 1.92. The number of anilines is 1. The predicted octanol–water partition coefficient (Wildman–Crippen LogP) is 1.47. The average Bonchev–Trinajstić information content (AvgIpc) is 2.42. The Labute approximate surface area is 124 Å². The Morgan fingerprint density at radius 2 is 2.00 bits per heavy atom. The van der Waals surface area contributed by atoms with Crippen molar-refractivity contribution >= 4 is 27.1 Å². The van der Waals surface area contributed by atoms with E-state index in [1.54, 1.807) is 12.1 Å². The quantitative estimate of drug-likeness (QED) is 0.910. The molecule has 0 saturated carbocycles. The molecule has 0 amide bonds. The Kier molecular flexibility index (Phi) is 4.78. The lowest BCUT2D eigenvalue weighted by molar-refractivity contribution is 0.280. The number of hydrogen-bond donors (Lipinski definition) is 1. The number of benzene rings is 1. The molecule has 2 rings (SSSR count). The fourth-order valence-electron chi connectivity index (χ4n) is 2.17. The first-order chi connectivity index (χ1) is 9.46. The van der Waals surface area contributed by atoms with Gasteiger partial charge in [0.2, 0.25) is 0 Å². The van der Waals surface area contributed by atoms with E-state index in [9.17, 15) is 13.5 Å². The Hall–Kier alpha value is -0.980. The van der Waals surface area contributed by atoms with Gasteiger partial charge in [0.05, 0.1) is 30.4 Å². The molecule has 0 spiro atoms. The van der Waals surface area contributed by atoms with Crippen molar-refractivity contribution < 1.29 is 18.3 Å². The fourth-order valence-corrected chi connectivity index (χ4v) is 3.66. The summed E-state index contributed by atoms with van der Waals surface area (Å²) in [6.45, 7) is 3.03. The molecule has 1 aromatic carbocycles. The van der Waals surface area contributed by atoms with Gasteiger partial charge in [0, 0.05) is 13.1 Å². The highest BCUT2D eigenvalue weighted by Gasteiger charge is 2.24. The zero-order chi connectivity index (χ0) is 14.8. The standard InChI is InChI=1S/C13H18ClNO4S/c1-2-19-12-8-10(9-16)7-11(13(12)14)15-3-5-20(17,18)6-4-15/h7-8,16H,2-6,9H2,1H3. The highest BCUT2D eigenvalue weighted by molar-refractivity contribution is 7.91. The molecule has 0 aromatic heterocycles. The number of halogens is 1. The van der Waals surface area contributed by atoms with Gasteiger partial charge in [-0.25, -0.2) is 8.42 Å². The zero-order valence-electron chi connectivity index (χ0n) is 11.3. The minimum absolute atomic E-state index is 0.115. The zero-order valence-corrected chi connectivity index (χ0v) is 12.9. The summed E-state index contributed by atoms with van der Waals surface area (Å²) in [6, 6.07) is 3.48. The number of aliphatic hydroxyl groups excluding tert-OH is 1. The first kappa shape index (κ1) is 15.4. The summed E-state index contributed by atoms with van der Waals surface area (Å²) in [6.07, 6.45) is 0. The second-order valence-electron chi connectivity index (χ2n) is 4.66. The molecule has 20 heavy (non-hydrogen) atoms. The number of hydrogen-bond acceptors (Lipinski definition) is 5. The van der Waals surface area contributed by atoms with Crippen LogP contribution in [0.4, 0.5) is 5.69 Å². The molecular formula is C13H18ClNO4S. The molecule has 7 heteroatoms. The van der Waals surface area contributed by atoms with Crippen LogP contribution in [0, 0.1) is 0 Å². The maximum absolute atomic E-state index is 11.5. The minimum atomic E-state index is -2.94. The second kappa shape index (κ2) is 6.20. The summed E-state index contributed by atoms with van der Waals surface area (Å²) < 4.78 is 28.4. The van der Waals surface area contributed by atoms with Crippen molar-refractivity contribution in [2.24, 2.45) is 0 Å². The highest BCUT2D eigenvalue weighted by Crippen LogP contribution is 2.37. The van der Waals surface area contributed by atoms with Crippen LogP contribution in [0.3, 0.4) is 0 Å². The smallest absolute Gasteiger partial charge is 0.153 e. The van der Waals surface area contributed by atoms with Crippen molar-refractivity contribution in [3.63, 3.8) is 0 Å². The largest absolute Gasteiger partial charge is 0.492 e. The van der Waals surface area contributed by atoms with Gasteiger partial charge in [0.25, 0.3) is 0 Å². The van der Waals surface area contributed by atoms with Gasteiger partial charge in [0.15, 0.2) is 9.84 Å². The van der Waals surface area contributed by atoms with Crippen LogP contribution in [0.25, 0.3) is 0 Å². The predicted molar refractivity (Wildman–Crippen MR) is 79.4 cm³/mol. The van der Waals surface area contributed by atoms with Crippen LogP contribution in [-0.4, -0.2) is 44.7 Å². The highest BCUT2D eigenvalue weighted by atomic mass is 35.5. The number of nitrogens with zero attached hydrogens (tertiary/aromatic N) is 1. The summed E-state index contributed by atoms with van der Waals surface area (Å²) in [7, 11) is -2.94. The topological polar surface area (TPSA) is 66.8 Å². The van der Waals surface area contributed by atoms with Crippen LogP contribution in [0.5, 0.6) is 5.75 Å². The van der Waals surface area contributed by atoms with E-state index in [2.05, 4.69) is 0 Å². The SMILES string of the molecule is CCOc1cc(CO)cc(N2CCS(=O)(=O)CC2)c1Cl. The van der Waals surface area contributed by atoms with Crippen LogP contribution < -0.4 is 9.64 Å². The van der Waals surface area contributed by atoms with Gasteiger partial charge in [-0.1, -0.05) is 11.6 Å². The Morgan fingerprint density at radius 1 is 1.35 bits per heavy atom. The van der Waals surface area contributed by atoms with E-state index in [-0.39, 0.29) is 18.1 Å². The molecule has 1 saturated heterocycles. The van der Waals surface area contributed by atoms with E-state index in [1.165, 1.54) is 0 Å². The minimum Gasteiger partial charge on any atom is -0.492 e. The van der Waals surface area contributed by atoms with Crippen molar-refractivity contribution in [2.75, 3.05) is 36.1 Å². The van der Waals surface area contributed by atoms with Crippen molar-refractivity contribution in [3.8, 4) is 5.75 Å². The Morgan fingerprint density at radius 3 is 2.55 bits per heavy atom. The van der Waals surface area contributed by atoms with Crippen LogP contribution in [0.1, 0.15) is 12.5 Å². The van der Waals surface area contributed by atoms with Crippen molar-refractivity contribution in [1.82, 2.24) is 0 Å². The number of aliphatic hydroxyl groups is 1. The molecule has 112 valence electrons. The fraction of sp³-hybridized carbons (Fsp3) is 0.538. The third-order valence-electron chi connectivity index (χ3n) is 3.25. The molecule has 0 unspecified atom stereocenters. The molecule has 0 aliphatic carbocycles. The third kappa shape index (κ3) is 3.37. The summed E-state index contributed by atoms with van der Waals surface area (Å²) in [5, 5.41) is 9.78. The molecule has 1 aliphatic heterocycles. The molecule has 1 N–H and O–H groups in total. The first-order valence-corrected chi connectivity index (χ1v) is 8.68. The van der Waals surface area contributed by atoms with Gasteiger partial charge >= 0.3 is 0 Å². The van der Waals surface area contributed by atoms with Crippen molar-refractivity contribution in [3.05, 3.63) is 22.7 Å². The molecule has 1 aromatic rings. The van der Waals surface area contributed by atoms with E-state index in [1.807, 2.05) is 11.8 Å². The van der Waals surface area contributed by atoms with E-state index >= 15 is 0 Å². The number of ether oxygens (including phenoxy) is 1. The lowest BCUT2D eigenvalue weighted by Crippen LogP contribution is -2.40. The van der Waals surface area contributed by atoms with Gasteiger partial charge in [-0.3, -0.25) is 0 Å². The van der Waals surface area contributed by atoms with Gasteiger partial charge in [-0.2, -0.15) is 0 Å². The number of rotatable bonds is 4. The molecule has 0 atom stereocenters. The maximum atomic E-state index is 11.5. The normalized spacial score (nSPS) is 18.1. The summed E-state index contributed by atoms with van der Waals surface area (Å²) >= 11 is 6.32. The molecule has 0 radical (unpaired) electrons. The first-order valence-electron chi connectivity index (χ1n) is 6.48. The molecule has 5 nitrogen and oxygen atoms in total. The van der Waals surface area contributed by atoms with Gasteiger partial charge in [-0.05, 0) is 24.6 Å². The van der Waals surface area contributed by atoms with Gasteiger partial charge in [-0.15, -0.1) is 0 Å². The van der Waals surface area contributed by atoms with Gasteiger partial charge in [0.1, 0.15) is 10.8 Å². The third-order valence-corrected chi connectivity index (χ3v) is 5.24. The van der Waals surface area contributed by atoms with Crippen LogP contribution in [0.2, 0.25) is 5.02 Å². The molecule has 0 bridgehead atoms. The Balaban J connectivity index is 2.33. The van der Waals surface area contributed by atoms with Crippen molar-refractivity contribution in [1.29, 1.82) is 0 Å². The van der Waals surface area contributed by atoms with Gasteiger partial charge < -0.3 is 14.7 Å². The summed E-state index contributed by atoms with van der Waals surface area (Å²) in [5.74, 6) is 0.761. The van der Waals surface area contributed by atoms with Crippen LogP contribution in [0.15, 0.2) is 12.1 Å². The number of sulfone groups is 1. The molecule has 1 aliphatic rings. The second-order valence-corrected chi connectivity index (χ2v) is 7.34. The lowest BCUT2D eigenvalue weighted by atomic mass is 10.1.